The summed E-state index contributed by atoms with van der Waals surface area (Å²) in [7, 11) is 0. The molecule has 1 aromatic heterocycles. The molecule has 2 aromatic rings. The van der Waals surface area contributed by atoms with E-state index in [-0.39, 0.29) is 6.79 Å². The van der Waals surface area contributed by atoms with Crippen molar-refractivity contribution in [2.24, 2.45) is 0 Å². The third kappa shape index (κ3) is 1.92. The lowest BCUT2D eigenvalue weighted by atomic mass is 10.3. The van der Waals surface area contributed by atoms with Crippen molar-refractivity contribution in [3.8, 4) is 11.5 Å². The Morgan fingerprint density at radius 3 is 2.82 bits per heavy atom. The van der Waals surface area contributed by atoms with Crippen LogP contribution in [0.2, 0.25) is 0 Å². The smallest absolute Gasteiger partial charge is 0.231 e. The number of nitrogen functional groups attached to an aromatic ring is 1. The zero-order valence-corrected chi connectivity index (χ0v) is 8.88. The maximum absolute atomic E-state index is 5.46. The summed E-state index contributed by atoms with van der Waals surface area (Å²) in [5, 5.41) is 3.10. The topological polar surface area (TPSA) is 82.3 Å². The number of fused-ring (bicyclic) bond motifs is 1. The molecule has 0 spiro atoms. The first-order chi connectivity index (χ1) is 8.31. The van der Waals surface area contributed by atoms with Gasteiger partial charge in [-0.2, -0.15) is 0 Å². The molecule has 86 valence electrons. The number of aromatic nitrogens is 2. The van der Waals surface area contributed by atoms with Crippen LogP contribution < -0.4 is 20.5 Å². The number of nitrogens with zero attached hydrogens (tertiary/aromatic N) is 2. The van der Waals surface area contributed by atoms with E-state index in [1.165, 1.54) is 6.20 Å². The van der Waals surface area contributed by atoms with Crippen molar-refractivity contribution in [3.05, 3.63) is 30.6 Å². The molecule has 0 unspecified atom stereocenters. The van der Waals surface area contributed by atoms with Crippen molar-refractivity contribution in [2.75, 3.05) is 17.8 Å². The van der Waals surface area contributed by atoms with Gasteiger partial charge in [0.1, 0.15) is 11.6 Å². The summed E-state index contributed by atoms with van der Waals surface area (Å²) in [5.74, 6) is 2.48. The van der Waals surface area contributed by atoms with Gasteiger partial charge in [-0.3, -0.25) is 0 Å². The van der Waals surface area contributed by atoms with E-state index in [1.807, 2.05) is 18.2 Å². The van der Waals surface area contributed by atoms with E-state index in [1.54, 1.807) is 6.20 Å². The lowest BCUT2D eigenvalue weighted by Crippen LogP contribution is -1.97. The lowest BCUT2D eigenvalue weighted by molar-refractivity contribution is 0.174. The summed E-state index contributed by atoms with van der Waals surface area (Å²) in [6.45, 7) is 0.264. The molecular formula is C11H10N4O2. The van der Waals surface area contributed by atoms with Crippen LogP contribution in [0, 0.1) is 0 Å². The summed E-state index contributed by atoms with van der Waals surface area (Å²) in [6.07, 6.45) is 3.06. The Hall–Kier alpha value is -2.50. The highest BCUT2D eigenvalue weighted by atomic mass is 16.7. The molecule has 0 bridgehead atoms. The fraction of sp³-hybridized carbons (Fsp3) is 0.0909. The molecule has 0 fully saturated rings. The third-order valence-corrected chi connectivity index (χ3v) is 2.32. The number of rotatable bonds is 2. The summed E-state index contributed by atoms with van der Waals surface area (Å²) >= 11 is 0. The Morgan fingerprint density at radius 1 is 1.12 bits per heavy atom. The Labute approximate surface area is 97.4 Å². The van der Waals surface area contributed by atoms with Gasteiger partial charge in [0.2, 0.25) is 6.79 Å². The molecule has 1 aliphatic rings. The highest BCUT2D eigenvalue weighted by Crippen LogP contribution is 2.34. The lowest BCUT2D eigenvalue weighted by Gasteiger charge is -2.05. The van der Waals surface area contributed by atoms with Gasteiger partial charge in [0.25, 0.3) is 0 Å². The van der Waals surface area contributed by atoms with Gasteiger partial charge in [0.05, 0.1) is 12.4 Å². The van der Waals surface area contributed by atoms with Crippen molar-refractivity contribution in [3.63, 3.8) is 0 Å². The van der Waals surface area contributed by atoms with Crippen LogP contribution in [0.4, 0.5) is 17.3 Å². The van der Waals surface area contributed by atoms with E-state index in [0.717, 1.165) is 17.2 Å². The first-order valence-corrected chi connectivity index (χ1v) is 5.05. The predicted octanol–water partition coefficient (Wildman–Crippen LogP) is 1.53. The first kappa shape index (κ1) is 9.71. The van der Waals surface area contributed by atoms with Gasteiger partial charge < -0.3 is 20.5 Å². The molecule has 3 rings (SSSR count). The number of hydrogen-bond acceptors (Lipinski definition) is 6. The van der Waals surface area contributed by atoms with Crippen LogP contribution in [0.3, 0.4) is 0 Å². The van der Waals surface area contributed by atoms with Gasteiger partial charge in [-0.25, -0.2) is 9.97 Å². The SMILES string of the molecule is Nc1cnc(Nc2ccc3c(c2)OCO3)cn1. The Balaban J connectivity index is 1.83. The fourth-order valence-corrected chi connectivity index (χ4v) is 1.52. The summed E-state index contributed by atoms with van der Waals surface area (Å²) in [6, 6.07) is 5.57. The standard InChI is InChI=1S/C11H10N4O2/c12-10-4-14-11(5-13-10)15-7-1-2-8-9(3-7)17-6-16-8/h1-5H,6H2,(H2,12,13)(H,14,15). The maximum atomic E-state index is 5.46. The van der Waals surface area contributed by atoms with E-state index in [4.69, 9.17) is 15.2 Å². The van der Waals surface area contributed by atoms with Crippen molar-refractivity contribution in [1.29, 1.82) is 0 Å². The first-order valence-electron chi connectivity index (χ1n) is 5.05. The Morgan fingerprint density at radius 2 is 2.00 bits per heavy atom. The van der Waals surface area contributed by atoms with Crippen LogP contribution in [0.15, 0.2) is 30.6 Å². The highest BCUT2D eigenvalue weighted by Gasteiger charge is 2.13. The van der Waals surface area contributed by atoms with Gasteiger partial charge in [-0.1, -0.05) is 0 Å². The number of nitrogens with one attached hydrogen (secondary N) is 1. The van der Waals surface area contributed by atoms with Gasteiger partial charge >= 0.3 is 0 Å². The normalized spacial score (nSPS) is 12.5. The quantitative estimate of drug-likeness (QED) is 0.814. The predicted molar refractivity (Wildman–Crippen MR) is 62.3 cm³/mol. The van der Waals surface area contributed by atoms with E-state index in [2.05, 4.69) is 15.3 Å². The number of anilines is 3. The van der Waals surface area contributed by atoms with Crippen LogP contribution >= 0.6 is 0 Å². The second-order valence-electron chi connectivity index (χ2n) is 3.52. The average Bonchev–Trinajstić information content (AvgIpc) is 2.79. The van der Waals surface area contributed by atoms with Gasteiger partial charge in [-0.15, -0.1) is 0 Å². The summed E-state index contributed by atoms with van der Waals surface area (Å²) < 4.78 is 10.5. The van der Waals surface area contributed by atoms with Crippen LogP contribution in [-0.2, 0) is 0 Å². The third-order valence-electron chi connectivity index (χ3n) is 2.32. The minimum absolute atomic E-state index is 0.264. The second-order valence-corrected chi connectivity index (χ2v) is 3.52. The van der Waals surface area contributed by atoms with Crippen LogP contribution in [-0.4, -0.2) is 16.8 Å². The van der Waals surface area contributed by atoms with E-state index < -0.39 is 0 Å². The van der Waals surface area contributed by atoms with E-state index >= 15 is 0 Å². The zero-order chi connectivity index (χ0) is 11.7. The van der Waals surface area contributed by atoms with Crippen LogP contribution in [0.5, 0.6) is 11.5 Å². The van der Waals surface area contributed by atoms with Gasteiger partial charge in [0.15, 0.2) is 11.5 Å². The van der Waals surface area contributed by atoms with E-state index in [9.17, 15) is 0 Å². The monoisotopic (exact) mass is 230 g/mol. The average molecular weight is 230 g/mol. The van der Waals surface area contributed by atoms with Crippen LogP contribution in [0.1, 0.15) is 0 Å². The molecule has 3 N–H and O–H groups in total. The molecule has 0 aliphatic carbocycles. The van der Waals surface area contributed by atoms with Gasteiger partial charge in [0, 0.05) is 11.8 Å². The molecular weight excluding hydrogens is 220 g/mol. The van der Waals surface area contributed by atoms with Crippen molar-refractivity contribution >= 4 is 17.3 Å². The highest BCUT2D eigenvalue weighted by molar-refractivity contribution is 5.61. The Bertz CT molecular complexity index is 542. The summed E-state index contributed by atoms with van der Waals surface area (Å²) in [4.78, 5) is 8.04. The van der Waals surface area contributed by atoms with Crippen molar-refractivity contribution in [2.45, 2.75) is 0 Å². The molecule has 0 atom stereocenters. The molecule has 6 heteroatoms. The Kier molecular flexibility index (Phi) is 2.18. The molecule has 1 aliphatic heterocycles. The molecule has 2 heterocycles. The van der Waals surface area contributed by atoms with Crippen LogP contribution in [0.25, 0.3) is 0 Å². The van der Waals surface area contributed by atoms with E-state index in [0.29, 0.717) is 11.6 Å². The van der Waals surface area contributed by atoms with Crippen molar-refractivity contribution < 1.29 is 9.47 Å². The summed E-state index contributed by atoms with van der Waals surface area (Å²) in [5.41, 5.74) is 6.31. The molecule has 17 heavy (non-hydrogen) atoms. The number of nitrogens with two attached hydrogens (primary N) is 1. The number of hydrogen-bond donors (Lipinski definition) is 2. The number of ether oxygens (including phenoxy) is 2. The zero-order valence-electron chi connectivity index (χ0n) is 8.88. The largest absolute Gasteiger partial charge is 0.454 e. The maximum Gasteiger partial charge on any atom is 0.231 e. The van der Waals surface area contributed by atoms with Crippen molar-refractivity contribution in [1.82, 2.24) is 9.97 Å². The molecule has 0 amide bonds. The second kappa shape index (κ2) is 3.82. The molecule has 1 aromatic carbocycles. The minimum Gasteiger partial charge on any atom is -0.454 e. The molecule has 0 saturated heterocycles. The number of benzene rings is 1. The molecule has 0 radical (unpaired) electrons. The van der Waals surface area contributed by atoms with Gasteiger partial charge in [-0.05, 0) is 12.1 Å². The fourth-order valence-electron chi connectivity index (χ4n) is 1.52. The molecule has 0 saturated carbocycles. The minimum atomic E-state index is 0.264. The molecule has 6 nitrogen and oxygen atoms in total.